The van der Waals surface area contributed by atoms with Crippen LogP contribution in [0.3, 0.4) is 0 Å². The SMILES string of the molecule is COc1cc2nc(C)sc2cc1NC(=O)NCCCC(=O)O. The first kappa shape index (κ1) is 16.0. The molecule has 0 radical (unpaired) electrons. The normalized spacial score (nSPS) is 10.5. The summed E-state index contributed by atoms with van der Waals surface area (Å²) in [5.41, 5.74) is 1.38. The topological polar surface area (TPSA) is 101 Å². The highest BCUT2D eigenvalue weighted by molar-refractivity contribution is 7.18. The maximum Gasteiger partial charge on any atom is 0.319 e. The molecule has 0 aliphatic heterocycles. The van der Waals surface area contributed by atoms with Gasteiger partial charge in [0.2, 0.25) is 0 Å². The summed E-state index contributed by atoms with van der Waals surface area (Å²) in [6, 6.07) is 3.19. The van der Waals surface area contributed by atoms with Crippen LogP contribution in [0.5, 0.6) is 5.75 Å². The molecule has 1 aromatic heterocycles. The van der Waals surface area contributed by atoms with Gasteiger partial charge in [-0.3, -0.25) is 4.79 Å². The number of hydrogen-bond acceptors (Lipinski definition) is 5. The van der Waals surface area contributed by atoms with Gasteiger partial charge in [-0.05, 0) is 19.4 Å². The number of nitrogens with one attached hydrogen (secondary N) is 2. The van der Waals surface area contributed by atoms with Crippen LogP contribution in [-0.2, 0) is 4.79 Å². The van der Waals surface area contributed by atoms with E-state index in [0.29, 0.717) is 24.4 Å². The molecule has 0 saturated heterocycles. The first-order chi connectivity index (χ1) is 10.5. The maximum atomic E-state index is 11.8. The van der Waals surface area contributed by atoms with Gasteiger partial charge in [0.1, 0.15) is 5.75 Å². The number of aromatic nitrogens is 1. The first-order valence-corrected chi connectivity index (χ1v) is 7.53. The number of carboxylic acids is 1. The number of carboxylic acid groups (broad SMARTS) is 1. The average Bonchev–Trinajstić information content (AvgIpc) is 2.81. The fourth-order valence-corrected chi connectivity index (χ4v) is 2.79. The van der Waals surface area contributed by atoms with E-state index in [1.165, 1.54) is 18.4 Å². The van der Waals surface area contributed by atoms with Crippen molar-refractivity contribution in [2.45, 2.75) is 19.8 Å². The zero-order valence-corrected chi connectivity index (χ0v) is 13.1. The van der Waals surface area contributed by atoms with Crippen LogP contribution in [0.4, 0.5) is 10.5 Å². The smallest absolute Gasteiger partial charge is 0.319 e. The minimum Gasteiger partial charge on any atom is -0.494 e. The molecule has 0 fully saturated rings. The number of anilines is 1. The third kappa shape index (κ3) is 4.08. The van der Waals surface area contributed by atoms with Crippen LogP contribution in [-0.4, -0.2) is 35.7 Å². The minimum atomic E-state index is -0.880. The van der Waals surface area contributed by atoms with Crippen molar-refractivity contribution in [3.63, 3.8) is 0 Å². The molecule has 0 bridgehead atoms. The van der Waals surface area contributed by atoms with Gasteiger partial charge < -0.3 is 20.5 Å². The van der Waals surface area contributed by atoms with Crippen LogP contribution < -0.4 is 15.4 Å². The molecule has 0 saturated carbocycles. The van der Waals surface area contributed by atoms with Crippen LogP contribution in [0.15, 0.2) is 12.1 Å². The lowest BCUT2D eigenvalue weighted by molar-refractivity contribution is -0.137. The van der Waals surface area contributed by atoms with Gasteiger partial charge in [-0.15, -0.1) is 11.3 Å². The van der Waals surface area contributed by atoms with Crippen LogP contribution in [0, 0.1) is 6.92 Å². The standard InChI is InChI=1S/C14H17N3O4S/c1-8-16-10-6-11(21-2)9(7-12(10)22-8)17-14(20)15-5-3-4-13(18)19/h6-7H,3-5H2,1-2H3,(H,18,19)(H2,15,17,20). The fourth-order valence-electron chi connectivity index (χ4n) is 1.94. The maximum absolute atomic E-state index is 11.8. The third-order valence-corrected chi connectivity index (χ3v) is 3.85. The lowest BCUT2D eigenvalue weighted by atomic mass is 10.2. The van der Waals surface area contributed by atoms with Crippen molar-refractivity contribution in [3.8, 4) is 5.75 Å². The van der Waals surface area contributed by atoms with Crippen LogP contribution >= 0.6 is 11.3 Å². The number of methoxy groups -OCH3 is 1. The molecule has 0 unspecified atom stereocenters. The van der Waals surface area contributed by atoms with E-state index in [1.54, 1.807) is 6.07 Å². The molecule has 0 aliphatic rings. The zero-order valence-electron chi connectivity index (χ0n) is 12.3. The van der Waals surface area contributed by atoms with Crippen LogP contribution in [0.1, 0.15) is 17.8 Å². The van der Waals surface area contributed by atoms with E-state index in [0.717, 1.165) is 15.2 Å². The van der Waals surface area contributed by atoms with E-state index in [9.17, 15) is 9.59 Å². The summed E-state index contributed by atoms with van der Waals surface area (Å²) in [4.78, 5) is 26.6. The summed E-state index contributed by atoms with van der Waals surface area (Å²) in [5.74, 6) is -0.353. The Balaban J connectivity index is 2.03. The van der Waals surface area contributed by atoms with Crippen molar-refractivity contribution in [2.24, 2.45) is 0 Å². The lowest BCUT2D eigenvalue weighted by Crippen LogP contribution is -2.29. The number of benzene rings is 1. The number of nitrogens with zero attached hydrogens (tertiary/aromatic N) is 1. The van der Waals surface area contributed by atoms with Gasteiger partial charge in [0.25, 0.3) is 0 Å². The molecule has 22 heavy (non-hydrogen) atoms. The fraction of sp³-hybridized carbons (Fsp3) is 0.357. The van der Waals surface area contributed by atoms with Gasteiger partial charge in [-0.25, -0.2) is 9.78 Å². The molecule has 0 atom stereocenters. The Bertz CT molecular complexity index is 699. The van der Waals surface area contributed by atoms with Crippen molar-refractivity contribution in [3.05, 3.63) is 17.1 Å². The van der Waals surface area contributed by atoms with E-state index in [1.807, 2.05) is 13.0 Å². The molecule has 118 valence electrons. The van der Waals surface area contributed by atoms with Crippen LogP contribution in [0.2, 0.25) is 0 Å². The van der Waals surface area contributed by atoms with Gasteiger partial charge in [0.15, 0.2) is 0 Å². The Morgan fingerprint density at radius 1 is 1.41 bits per heavy atom. The predicted molar refractivity (Wildman–Crippen MR) is 84.8 cm³/mol. The molecule has 7 nitrogen and oxygen atoms in total. The van der Waals surface area contributed by atoms with Gasteiger partial charge in [-0.1, -0.05) is 0 Å². The van der Waals surface area contributed by atoms with E-state index in [2.05, 4.69) is 15.6 Å². The quantitative estimate of drug-likeness (QED) is 0.709. The number of rotatable bonds is 6. The van der Waals surface area contributed by atoms with Crippen molar-refractivity contribution >= 4 is 39.2 Å². The highest BCUT2D eigenvalue weighted by Crippen LogP contribution is 2.32. The Hall–Kier alpha value is -2.35. The van der Waals surface area contributed by atoms with Crippen molar-refractivity contribution in [2.75, 3.05) is 19.0 Å². The van der Waals surface area contributed by atoms with Gasteiger partial charge >= 0.3 is 12.0 Å². The second-order valence-electron chi connectivity index (χ2n) is 4.63. The largest absolute Gasteiger partial charge is 0.494 e. The number of hydrogen-bond donors (Lipinski definition) is 3. The number of carbonyl (C=O) groups excluding carboxylic acids is 1. The van der Waals surface area contributed by atoms with E-state index < -0.39 is 12.0 Å². The van der Waals surface area contributed by atoms with Crippen LogP contribution in [0.25, 0.3) is 10.2 Å². The summed E-state index contributed by atoms with van der Waals surface area (Å²) in [5, 5.41) is 14.8. The number of aliphatic carboxylic acids is 1. The lowest BCUT2D eigenvalue weighted by Gasteiger charge is -2.11. The van der Waals surface area contributed by atoms with Gasteiger partial charge in [0.05, 0.1) is 28.0 Å². The van der Waals surface area contributed by atoms with Crippen molar-refractivity contribution in [1.29, 1.82) is 0 Å². The summed E-state index contributed by atoms with van der Waals surface area (Å²) in [6.07, 6.45) is 0.405. The Labute approximate surface area is 131 Å². The zero-order chi connectivity index (χ0) is 16.1. The summed E-state index contributed by atoms with van der Waals surface area (Å²) < 4.78 is 6.22. The molecular weight excluding hydrogens is 306 g/mol. The highest BCUT2D eigenvalue weighted by Gasteiger charge is 2.11. The third-order valence-electron chi connectivity index (χ3n) is 2.92. The van der Waals surface area contributed by atoms with E-state index >= 15 is 0 Å². The van der Waals surface area contributed by atoms with Crippen molar-refractivity contribution in [1.82, 2.24) is 10.3 Å². The second kappa shape index (κ2) is 7.08. The molecular formula is C14H17N3O4S. The minimum absolute atomic E-state index is 0.0235. The number of aryl methyl sites for hydroxylation is 1. The molecule has 8 heteroatoms. The molecule has 2 amide bonds. The molecule has 0 aliphatic carbocycles. The Morgan fingerprint density at radius 2 is 2.18 bits per heavy atom. The van der Waals surface area contributed by atoms with E-state index in [-0.39, 0.29) is 6.42 Å². The predicted octanol–water partition coefficient (Wildman–Crippen LogP) is 2.60. The Kier molecular flexibility index (Phi) is 5.16. The number of fused-ring (bicyclic) bond motifs is 1. The number of urea groups is 1. The molecule has 2 aromatic rings. The van der Waals surface area contributed by atoms with Crippen molar-refractivity contribution < 1.29 is 19.4 Å². The monoisotopic (exact) mass is 323 g/mol. The highest BCUT2D eigenvalue weighted by atomic mass is 32.1. The van der Waals surface area contributed by atoms with E-state index in [4.69, 9.17) is 9.84 Å². The number of carbonyl (C=O) groups is 2. The first-order valence-electron chi connectivity index (χ1n) is 6.71. The molecule has 1 heterocycles. The number of thiazole rings is 1. The van der Waals surface area contributed by atoms with Gasteiger partial charge in [-0.2, -0.15) is 0 Å². The Morgan fingerprint density at radius 3 is 2.86 bits per heavy atom. The second-order valence-corrected chi connectivity index (χ2v) is 5.87. The summed E-state index contributed by atoms with van der Waals surface area (Å²) >= 11 is 1.53. The molecule has 3 N–H and O–H groups in total. The summed E-state index contributed by atoms with van der Waals surface area (Å²) in [7, 11) is 1.52. The molecule has 1 aromatic carbocycles. The number of ether oxygens (including phenoxy) is 1. The average molecular weight is 323 g/mol. The van der Waals surface area contributed by atoms with Gasteiger partial charge in [0, 0.05) is 19.0 Å². The number of amides is 2. The molecule has 0 spiro atoms. The molecule has 2 rings (SSSR count). The summed E-state index contributed by atoms with van der Waals surface area (Å²) in [6.45, 7) is 2.21.